The van der Waals surface area contributed by atoms with Gasteiger partial charge in [0.05, 0.1) is 19.4 Å². The first-order chi connectivity index (χ1) is 16.0. The fourth-order valence-corrected chi connectivity index (χ4v) is 4.25. The molecular formula is C23H26ClFN4O3S. The van der Waals surface area contributed by atoms with Crippen LogP contribution in [0.1, 0.15) is 6.42 Å². The van der Waals surface area contributed by atoms with E-state index in [4.69, 9.17) is 31.8 Å². The lowest BCUT2D eigenvalue weighted by molar-refractivity contribution is -0.122. The number of methoxy groups -OCH3 is 1. The Labute approximate surface area is 200 Å². The lowest BCUT2D eigenvalue weighted by atomic mass is 10.1. The molecule has 3 N–H and O–H groups in total. The second-order valence-corrected chi connectivity index (χ2v) is 8.39. The number of nitrogens with one attached hydrogen (secondary N) is 1. The zero-order chi connectivity index (χ0) is 23.6. The van der Waals surface area contributed by atoms with Crippen LogP contribution in [0.2, 0.25) is 5.02 Å². The van der Waals surface area contributed by atoms with E-state index in [2.05, 4.69) is 9.88 Å². The Morgan fingerprint density at radius 3 is 2.76 bits per heavy atom. The molecule has 0 radical (unpaired) electrons. The number of benzene rings is 2. The monoisotopic (exact) mass is 492 g/mol. The standard InChI is InChI=1S/C23H26ClFN4O3S/c1-31-21-13-17(24)5-8-19(21)28-23-29(11-2-9-27-10-12-32-14-22(26)30)20(15-33-23)16-3-6-18(25)7-4-16/h3-8,13,15,27H,2,9-12,14H2,1H3,(H2,26,30)/b28-23-. The molecule has 2 aromatic carbocycles. The molecule has 1 amide bonds. The van der Waals surface area contributed by atoms with Crippen molar-refractivity contribution in [2.75, 3.05) is 33.4 Å². The Morgan fingerprint density at radius 2 is 2.03 bits per heavy atom. The van der Waals surface area contributed by atoms with E-state index in [1.54, 1.807) is 31.4 Å². The Kier molecular flexibility index (Phi) is 9.44. The summed E-state index contributed by atoms with van der Waals surface area (Å²) in [6.45, 7) is 2.39. The molecule has 33 heavy (non-hydrogen) atoms. The molecule has 7 nitrogen and oxygen atoms in total. The molecule has 0 spiro atoms. The minimum atomic E-state index is -0.481. The summed E-state index contributed by atoms with van der Waals surface area (Å²) in [5.41, 5.74) is 7.58. The molecule has 0 aliphatic heterocycles. The van der Waals surface area contributed by atoms with Gasteiger partial charge in [0.15, 0.2) is 4.80 Å². The molecule has 10 heteroatoms. The number of rotatable bonds is 12. The highest BCUT2D eigenvalue weighted by atomic mass is 35.5. The van der Waals surface area contributed by atoms with E-state index in [-0.39, 0.29) is 12.4 Å². The molecule has 0 aliphatic rings. The Hall–Kier alpha value is -2.72. The third-order valence-corrected chi connectivity index (χ3v) is 5.80. The van der Waals surface area contributed by atoms with Crippen molar-refractivity contribution in [1.29, 1.82) is 0 Å². The molecule has 0 atom stereocenters. The first-order valence-corrected chi connectivity index (χ1v) is 11.6. The third kappa shape index (κ3) is 7.40. The molecule has 3 rings (SSSR count). The maximum Gasteiger partial charge on any atom is 0.243 e. The van der Waals surface area contributed by atoms with E-state index in [9.17, 15) is 9.18 Å². The van der Waals surface area contributed by atoms with Gasteiger partial charge in [-0.1, -0.05) is 11.6 Å². The summed E-state index contributed by atoms with van der Waals surface area (Å²) < 4.78 is 26.1. The van der Waals surface area contributed by atoms with Crippen molar-refractivity contribution < 1.29 is 18.7 Å². The minimum absolute atomic E-state index is 0.0769. The van der Waals surface area contributed by atoms with Gasteiger partial charge >= 0.3 is 0 Å². The zero-order valence-electron chi connectivity index (χ0n) is 18.2. The summed E-state index contributed by atoms with van der Waals surface area (Å²) in [7, 11) is 1.58. The molecule has 3 aromatic rings. The second kappa shape index (κ2) is 12.5. The second-order valence-electron chi connectivity index (χ2n) is 7.11. The van der Waals surface area contributed by atoms with Crippen LogP contribution in [0.3, 0.4) is 0 Å². The average molecular weight is 493 g/mol. The number of amides is 1. The Balaban J connectivity index is 1.78. The fourth-order valence-electron chi connectivity index (χ4n) is 3.14. The van der Waals surface area contributed by atoms with Crippen LogP contribution in [-0.2, 0) is 16.1 Å². The number of aromatic nitrogens is 1. The van der Waals surface area contributed by atoms with E-state index in [1.165, 1.54) is 23.5 Å². The number of nitrogens with zero attached hydrogens (tertiary/aromatic N) is 2. The highest BCUT2D eigenvalue weighted by molar-refractivity contribution is 7.07. The maximum absolute atomic E-state index is 13.4. The van der Waals surface area contributed by atoms with Gasteiger partial charge in [-0.25, -0.2) is 9.38 Å². The number of carbonyl (C=O) groups is 1. The van der Waals surface area contributed by atoms with E-state index < -0.39 is 5.91 Å². The van der Waals surface area contributed by atoms with Gasteiger partial charge < -0.3 is 25.1 Å². The highest BCUT2D eigenvalue weighted by Gasteiger charge is 2.10. The molecule has 0 saturated carbocycles. The predicted molar refractivity (Wildman–Crippen MR) is 128 cm³/mol. The zero-order valence-corrected chi connectivity index (χ0v) is 19.8. The number of carbonyl (C=O) groups excluding carboxylic acids is 1. The first kappa shape index (κ1) is 24.9. The van der Waals surface area contributed by atoms with Crippen molar-refractivity contribution in [3.8, 4) is 17.0 Å². The van der Waals surface area contributed by atoms with Crippen LogP contribution in [0.5, 0.6) is 5.75 Å². The van der Waals surface area contributed by atoms with Gasteiger partial charge in [0.1, 0.15) is 23.9 Å². The number of halogens is 2. The number of hydrogen-bond donors (Lipinski definition) is 2. The van der Waals surface area contributed by atoms with Gasteiger partial charge in [-0.05, 0) is 54.9 Å². The van der Waals surface area contributed by atoms with Crippen molar-refractivity contribution in [2.24, 2.45) is 10.7 Å². The fraction of sp³-hybridized carbons (Fsp3) is 0.304. The predicted octanol–water partition coefficient (Wildman–Crippen LogP) is 3.73. The number of nitrogens with two attached hydrogens (primary N) is 1. The van der Waals surface area contributed by atoms with E-state index >= 15 is 0 Å². The molecule has 0 bridgehead atoms. The Bertz CT molecular complexity index is 1130. The molecule has 0 unspecified atom stereocenters. The van der Waals surface area contributed by atoms with Gasteiger partial charge in [-0.2, -0.15) is 0 Å². The molecule has 0 saturated heterocycles. The number of thiazole rings is 1. The third-order valence-electron chi connectivity index (χ3n) is 4.70. The summed E-state index contributed by atoms with van der Waals surface area (Å²) in [6.07, 6.45) is 0.825. The van der Waals surface area contributed by atoms with Crippen LogP contribution in [0.25, 0.3) is 11.3 Å². The van der Waals surface area contributed by atoms with Crippen molar-refractivity contribution in [3.05, 3.63) is 63.5 Å². The van der Waals surface area contributed by atoms with Crippen molar-refractivity contribution in [2.45, 2.75) is 13.0 Å². The van der Waals surface area contributed by atoms with E-state index in [0.717, 1.165) is 29.0 Å². The molecule has 0 fully saturated rings. The largest absolute Gasteiger partial charge is 0.494 e. The van der Waals surface area contributed by atoms with Crippen LogP contribution < -0.4 is 20.6 Å². The minimum Gasteiger partial charge on any atom is -0.494 e. The van der Waals surface area contributed by atoms with Crippen molar-refractivity contribution in [1.82, 2.24) is 9.88 Å². The van der Waals surface area contributed by atoms with E-state index in [1.807, 2.05) is 11.4 Å². The summed E-state index contributed by atoms with van der Waals surface area (Å²) in [4.78, 5) is 16.3. The highest BCUT2D eigenvalue weighted by Crippen LogP contribution is 2.30. The van der Waals surface area contributed by atoms with Gasteiger partial charge in [0, 0.05) is 29.6 Å². The average Bonchev–Trinajstić information content (AvgIpc) is 3.19. The van der Waals surface area contributed by atoms with Crippen LogP contribution >= 0.6 is 22.9 Å². The van der Waals surface area contributed by atoms with Crippen LogP contribution in [-0.4, -0.2) is 43.9 Å². The summed E-state index contributed by atoms with van der Waals surface area (Å²) in [5, 5.41) is 5.87. The topological polar surface area (TPSA) is 90.9 Å². The quantitative estimate of drug-likeness (QED) is 0.377. The van der Waals surface area contributed by atoms with Crippen molar-refractivity contribution in [3.63, 3.8) is 0 Å². The van der Waals surface area contributed by atoms with Gasteiger partial charge in [0.25, 0.3) is 0 Å². The first-order valence-electron chi connectivity index (χ1n) is 10.4. The van der Waals surface area contributed by atoms with Gasteiger partial charge in [0.2, 0.25) is 5.91 Å². The number of hydrogen-bond acceptors (Lipinski definition) is 6. The van der Waals surface area contributed by atoms with Gasteiger partial charge in [-0.3, -0.25) is 4.79 Å². The van der Waals surface area contributed by atoms with Crippen LogP contribution in [0.15, 0.2) is 52.8 Å². The summed E-state index contributed by atoms with van der Waals surface area (Å²) in [5.74, 6) is -0.173. The lowest BCUT2D eigenvalue weighted by Gasteiger charge is -2.11. The number of ether oxygens (including phenoxy) is 2. The molecule has 1 heterocycles. The molecule has 1 aromatic heterocycles. The van der Waals surface area contributed by atoms with Crippen molar-refractivity contribution >= 4 is 34.5 Å². The smallest absolute Gasteiger partial charge is 0.243 e. The lowest BCUT2D eigenvalue weighted by Crippen LogP contribution is -2.26. The van der Waals surface area contributed by atoms with E-state index in [0.29, 0.717) is 36.2 Å². The summed E-state index contributed by atoms with van der Waals surface area (Å²) >= 11 is 7.58. The summed E-state index contributed by atoms with van der Waals surface area (Å²) in [6, 6.07) is 11.7. The number of primary amides is 1. The Morgan fingerprint density at radius 1 is 1.24 bits per heavy atom. The SMILES string of the molecule is COc1cc(Cl)ccc1/N=c1\scc(-c2ccc(F)cc2)n1CCCNCCOCC(N)=O. The molecular weight excluding hydrogens is 467 g/mol. The maximum atomic E-state index is 13.4. The molecule has 0 aliphatic carbocycles. The van der Waals surface area contributed by atoms with Gasteiger partial charge in [-0.15, -0.1) is 11.3 Å². The van der Waals surface area contributed by atoms with Crippen LogP contribution in [0.4, 0.5) is 10.1 Å². The molecule has 176 valence electrons. The van der Waals surface area contributed by atoms with Crippen LogP contribution in [0, 0.1) is 5.82 Å². The normalized spacial score (nSPS) is 11.7.